The van der Waals surface area contributed by atoms with Gasteiger partial charge in [-0.05, 0) is 0 Å². The van der Waals surface area contributed by atoms with Crippen LogP contribution in [0.1, 0.15) is 12.8 Å². The number of halogens is 6. The van der Waals surface area contributed by atoms with Gasteiger partial charge in [0.15, 0.2) is 11.6 Å². The largest absolute Gasteiger partial charge is 0.324 e. The third kappa shape index (κ3) is 5.51. The molecule has 2 aliphatic rings. The van der Waals surface area contributed by atoms with Crippen molar-refractivity contribution >= 4 is 36.4 Å². The number of alkyl halides is 4. The first-order valence-electron chi connectivity index (χ1n) is 5.37. The average molecular weight is 343 g/mol. The van der Waals surface area contributed by atoms with Crippen molar-refractivity contribution in [2.24, 2.45) is 23.3 Å². The molecule has 2 fully saturated rings. The Morgan fingerprint density at radius 3 is 1.10 bits per heavy atom. The minimum atomic E-state index is -2.74. The second-order valence-electron chi connectivity index (χ2n) is 4.38. The minimum Gasteiger partial charge on any atom is -0.324 e. The molecule has 0 aromatic rings. The van der Waals surface area contributed by atoms with Crippen molar-refractivity contribution in [3.8, 4) is 0 Å². The molecule has 0 aliphatic heterocycles. The Bertz CT molecular complexity index is 335. The predicted molar refractivity (Wildman–Crippen MR) is 68.7 cm³/mol. The summed E-state index contributed by atoms with van der Waals surface area (Å²) in [5.74, 6) is -8.67. The average Bonchev–Trinajstić information content (AvgIpc) is 3.13. The molecule has 2 rings (SSSR count). The SMILES string of the molecule is Cl.Cl.NCC(=O)C1CC1(F)F.NCC(=O)C1CC1(F)F. The summed E-state index contributed by atoms with van der Waals surface area (Å²) in [5.41, 5.74) is 9.70. The van der Waals surface area contributed by atoms with Crippen LogP contribution in [0.5, 0.6) is 0 Å². The van der Waals surface area contributed by atoms with E-state index in [4.69, 9.17) is 11.5 Å². The van der Waals surface area contributed by atoms with Gasteiger partial charge in [0.2, 0.25) is 0 Å². The van der Waals surface area contributed by atoms with Crippen LogP contribution >= 0.6 is 24.8 Å². The normalized spacial score (nSPS) is 26.9. The highest BCUT2D eigenvalue weighted by molar-refractivity contribution is 5.87. The Balaban J connectivity index is 0. The van der Waals surface area contributed by atoms with Crippen molar-refractivity contribution < 1.29 is 27.2 Å². The Labute approximate surface area is 125 Å². The van der Waals surface area contributed by atoms with Crippen LogP contribution in [-0.4, -0.2) is 36.5 Å². The quantitative estimate of drug-likeness (QED) is 0.751. The Morgan fingerprint density at radius 2 is 1.05 bits per heavy atom. The molecule has 20 heavy (non-hydrogen) atoms. The van der Waals surface area contributed by atoms with Crippen molar-refractivity contribution in [1.29, 1.82) is 0 Å². The van der Waals surface area contributed by atoms with Crippen molar-refractivity contribution in [3.63, 3.8) is 0 Å². The minimum absolute atomic E-state index is 0. The molecule has 2 saturated carbocycles. The van der Waals surface area contributed by atoms with E-state index in [1.54, 1.807) is 0 Å². The fourth-order valence-corrected chi connectivity index (χ4v) is 1.41. The summed E-state index contributed by atoms with van der Waals surface area (Å²) in [4.78, 5) is 20.8. The smallest absolute Gasteiger partial charge is 0.258 e. The maximum atomic E-state index is 12.0. The van der Waals surface area contributed by atoms with Crippen molar-refractivity contribution in [1.82, 2.24) is 0 Å². The lowest BCUT2D eigenvalue weighted by atomic mass is 10.3. The lowest BCUT2D eigenvalue weighted by Crippen LogP contribution is -2.18. The number of hydrogen-bond acceptors (Lipinski definition) is 4. The van der Waals surface area contributed by atoms with Gasteiger partial charge >= 0.3 is 0 Å². The van der Waals surface area contributed by atoms with Crippen LogP contribution in [0.4, 0.5) is 17.6 Å². The molecule has 0 heterocycles. The van der Waals surface area contributed by atoms with E-state index in [2.05, 4.69) is 0 Å². The molecule has 4 N–H and O–H groups in total. The number of rotatable bonds is 4. The summed E-state index contributed by atoms with van der Waals surface area (Å²) in [6.45, 7) is -0.527. The first kappa shape index (κ1) is 21.9. The van der Waals surface area contributed by atoms with Crippen LogP contribution in [0, 0.1) is 11.8 Å². The zero-order chi connectivity index (χ0) is 14.1. The van der Waals surface area contributed by atoms with Gasteiger partial charge < -0.3 is 11.5 Å². The molecule has 0 aromatic carbocycles. The second kappa shape index (κ2) is 7.53. The number of ketones is 2. The van der Waals surface area contributed by atoms with E-state index >= 15 is 0 Å². The van der Waals surface area contributed by atoms with Gasteiger partial charge in [0.1, 0.15) is 0 Å². The van der Waals surface area contributed by atoms with Crippen LogP contribution in [0.3, 0.4) is 0 Å². The summed E-state index contributed by atoms with van der Waals surface area (Å²) in [5, 5.41) is 0. The molecule has 0 aromatic heterocycles. The molecular weight excluding hydrogens is 327 g/mol. The van der Waals surface area contributed by atoms with Crippen LogP contribution in [-0.2, 0) is 9.59 Å². The number of carbonyl (C=O) groups is 2. The first-order valence-corrected chi connectivity index (χ1v) is 5.37. The maximum absolute atomic E-state index is 12.0. The molecule has 0 spiro atoms. The third-order valence-corrected chi connectivity index (χ3v) is 2.83. The monoisotopic (exact) mass is 342 g/mol. The van der Waals surface area contributed by atoms with E-state index in [1.165, 1.54) is 0 Å². The van der Waals surface area contributed by atoms with Gasteiger partial charge in [0, 0.05) is 12.8 Å². The zero-order valence-electron chi connectivity index (χ0n) is 10.3. The Morgan fingerprint density at radius 1 is 0.850 bits per heavy atom. The van der Waals surface area contributed by atoms with Crippen LogP contribution in [0.2, 0.25) is 0 Å². The highest BCUT2D eigenvalue weighted by Crippen LogP contribution is 2.49. The molecule has 120 valence electrons. The summed E-state index contributed by atoms with van der Waals surface area (Å²) in [7, 11) is 0. The molecule has 2 atom stereocenters. The topological polar surface area (TPSA) is 86.2 Å². The molecule has 0 bridgehead atoms. The van der Waals surface area contributed by atoms with Crippen molar-refractivity contribution in [2.45, 2.75) is 24.7 Å². The lowest BCUT2D eigenvalue weighted by Gasteiger charge is -1.91. The van der Waals surface area contributed by atoms with Crippen LogP contribution in [0.15, 0.2) is 0 Å². The standard InChI is InChI=1S/2C5H7F2NO.2ClH/c2*6-5(7)1-3(5)4(9)2-8;;/h2*3H,1-2,8H2;2*1H. The summed E-state index contributed by atoms with van der Waals surface area (Å²) in [6, 6.07) is 0. The van der Waals surface area contributed by atoms with Gasteiger partial charge in [-0.25, -0.2) is 17.6 Å². The summed E-state index contributed by atoms with van der Waals surface area (Å²) < 4.78 is 47.8. The van der Waals surface area contributed by atoms with Crippen molar-refractivity contribution in [3.05, 3.63) is 0 Å². The molecular formula is C10H16Cl2F4N2O2. The molecule has 2 unspecified atom stereocenters. The zero-order valence-corrected chi connectivity index (χ0v) is 11.9. The van der Waals surface area contributed by atoms with Crippen LogP contribution < -0.4 is 11.5 Å². The molecule has 10 heteroatoms. The highest BCUT2D eigenvalue weighted by atomic mass is 35.5. The Kier molecular flexibility index (Phi) is 8.23. The number of Topliss-reactive ketones (excluding diaryl/α,β-unsaturated/α-hetero) is 2. The van der Waals surface area contributed by atoms with E-state index in [-0.39, 0.29) is 50.7 Å². The molecule has 0 amide bonds. The van der Waals surface area contributed by atoms with E-state index in [9.17, 15) is 27.2 Å². The van der Waals surface area contributed by atoms with Gasteiger partial charge in [-0.15, -0.1) is 24.8 Å². The first-order chi connectivity index (χ1) is 8.15. The van der Waals surface area contributed by atoms with E-state index in [0.717, 1.165) is 0 Å². The van der Waals surface area contributed by atoms with Gasteiger partial charge in [-0.1, -0.05) is 0 Å². The van der Waals surface area contributed by atoms with Gasteiger partial charge in [-0.3, -0.25) is 9.59 Å². The third-order valence-electron chi connectivity index (χ3n) is 2.83. The van der Waals surface area contributed by atoms with Gasteiger partial charge in [0.05, 0.1) is 24.9 Å². The molecule has 0 saturated heterocycles. The predicted octanol–water partition coefficient (Wildman–Crippen LogP) is 1.18. The van der Waals surface area contributed by atoms with Gasteiger partial charge in [0.25, 0.3) is 11.8 Å². The fourth-order valence-electron chi connectivity index (χ4n) is 1.41. The maximum Gasteiger partial charge on any atom is 0.258 e. The summed E-state index contributed by atoms with van der Waals surface area (Å²) in [6.07, 6.45) is -0.605. The van der Waals surface area contributed by atoms with Crippen molar-refractivity contribution in [2.75, 3.05) is 13.1 Å². The second-order valence-corrected chi connectivity index (χ2v) is 4.38. The number of hydrogen-bond donors (Lipinski definition) is 2. The van der Waals surface area contributed by atoms with Crippen LogP contribution in [0.25, 0.3) is 0 Å². The van der Waals surface area contributed by atoms with Gasteiger partial charge in [-0.2, -0.15) is 0 Å². The number of carbonyl (C=O) groups excluding carboxylic acids is 2. The van der Waals surface area contributed by atoms with E-state index < -0.39 is 35.2 Å². The fraction of sp³-hybridized carbons (Fsp3) is 0.800. The molecule has 2 aliphatic carbocycles. The highest BCUT2D eigenvalue weighted by Gasteiger charge is 2.60. The summed E-state index contributed by atoms with van der Waals surface area (Å²) >= 11 is 0. The Hall–Kier alpha value is -0.440. The van der Waals surface area contributed by atoms with E-state index in [1.807, 2.05) is 0 Å². The van der Waals surface area contributed by atoms with E-state index in [0.29, 0.717) is 0 Å². The number of nitrogens with two attached hydrogens (primary N) is 2. The molecule has 0 radical (unpaired) electrons. The molecule has 4 nitrogen and oxygen atoms in total. The lowest BCUT2D eigenvalue weighted by molar-refractivity contribution is -0.121.